The van der Waals surface area contributed by atoms with Gasteiger partial charge in [0.2, 0.25) is 5.78 Å². The van der Waals surface area contributed by atoms with Gasteiger partial charge >= 0.3 is 5.97 Å². The number of hydrogen-bond acceptors (Lipinski definition) is 3. The summed E-state index contributed by atoms with van der Waals surface area (Å²) in [6.07, 6.45) is -0.279. The van der Waals surface area contributed by atoms with Crippen LogP contribution in [-0.4, -0.2) is 21.8 Å². The molecule has 2 N–H and O–H groups in total. The fraction of sp³-hybridized carbons (Fsp3) is 0.0556. The molecule has 3 rings (SSSR count). The summed E-state index contributed by atoms with van der Waals surface area (Å²) < 4.78 is 0. The molecule has 0 aliphatic heterocycles. The van der Waals surface area contributed by atoms with Crippen LogP contribution in [0.2, 0.25) is 5.02 Å². The molecular weight excluding hydrogens is 328 g/mol. The highest BCUT2D eigenvalue weighted by atomic mass is 35.5. The van der Waals surface area contributed by atoms with Gasteiger partial charge in [-0.3, -0.25) is 9.59 Å². The monoisotopic (exact) mass is 338 g/mol. The summed E-state index contributed by atoms with van der Waals surface area (Å²) in [5.74, 6) is -1.36. The van der Waals surface area contributed by atoms with Crippen molar-refractivity contribution in [2.24, 2.45) is 0 Å². The number of rotatable bonds is 4. The first kappa shape index (κ1) is 15.8. The van der Waals surface area contributed by atoms with Gasteiger partial charge in [-0.1, -0.05) is 17.7 Å². The molecule has 0 radical (unpaired) electrons. The van der Waals surface area contributed by atoms with Crippen LogP contribution in [0.3, 0.4) is 0 Å². The largest absolute Gasteiger partial charge is 0.481 e. The van der Waals surface area contributed by atoms with Crippen molar-refractivity contribution < 1.29 is 14.7 Å². The van der Waals surface area contributed by atoms with Crippen molar-refractivity contribution in [2.75, 3.05) is 0 Å². The number of benzene rings is 2. The summed E-state index contributed by atoms with van der Waals surface area (Å²) >= 11 is 5.96. The van der Waals surface area contributed by atoms with Crippen LogP contribution in [-0.2, 0) is 11.2 Å². The number of ketones is 1. The minimum Gasteiger partial charge on any atom is -0.481 e. The second-order valence-electron chi connectivity index (χ2n) is 5.26. The maximum absolute atomic E-state index is 12.8. The molecule has 0 aliphatic rings. The van der Waals surface area contributed by atoms with E-state index in [2.05, 4.69) is 4.98 Å². The zero-order valence-electron chi connectivity index (χ0n) is 12.3. The number of aromatic amines is 1. The van der Waals surface area contributed by atoms with Gasteiger partial charge < -0.3 is 10.1 Å². The molecule has 1 aromatic heterocycles. The second-order valence-corrected chi connectivity index (χ2v) is 5.69. The Kier molecular flexibility index (Phi) is 4.07. The van der Waals surface area contributed by atoms with Gasteiger partial charge in [0, 0.05) is 27.1 Å². The molecule has 0 atom stereocenters. The van der Waals surface area contributed by atoms with Crippen LogP contribution in [0.1, 0.15) is 27.2 Å². The van der Waals surface area contributed by atoms with E-state index in [1.807, 2.05) is 6.07 Å². The first-order valence-corrected chi connectivity index (χ1v) is 7.44. The van der Waals surface area contributed by atoms with Crippen molar-refractivity contribution in [3.05, 3.63) is 69.9 Å². The van der Waals surface area contributed by atoms with Gasteiger partial charge in [0.05, 0.1) is 23.7 Å². The lowest BCUT2D eigenvalue weighted by Gasteiger charge is -2.03. The molecule has 24 heavy (non-hydrogen) atoms. The number of carbonyl (C=O) groups is 2. The summed E-state index contributed by atoms with van der Waals surface area (Å²) in [5.41, 5.74) is 2.07. The highest BCUT2D eigenvalue weighted by Gasteiger charge is 2.21. The molecule has 118 valence electrons. The summed E-state index contributed by atoms with van der Waals surface area (Å²) in [4.78, 5) is 26.9. The van der Waals surface area contributed by atoms with E-state index in [4.69, 9.17) is 22.0 Å². The Morgan fingerprint density at radius 2 is 1.88 bits per heavy atom. The molecule has 0 fully saturated rings. The SMILES string of the molecule is N#Cc1ccc(C(=O)c2[nH]c3cc(Cl)ccc3c2CC(=O)O)cc1. The van der Waals surface area contributed by atoms with Gasteiger partial charge in [-0.25, -0.2) is 0 Å². The maximum Gasteiger partial charge on any atom is 0.307 e. The van der Waals surface area contributed by atoms with Crippen LogP contribution in [0.25, 0.3) is 10.9 Å². The average molecular weight is 339 g/mol. The van der Waals surface area contributed by atoms with E-state index in [0.29, 0.717) is 32.6 Å². The minimum atomic E-state index is -1.03. The van der Waals surface area contributed by atoms with Gasteiger partial charge in [-0.15, -0.1) is 0 Å². The van der Waals surface area contributed by atoms with Crippen molar-refractivity contribution in [1.82, 2.24) is 4.98 Å². The number of carboxylic acids is 1. The Hall–Kier alpha value is -3.10. The summed E-state index contributed by atoms with van der Waals surface area (Å²) in [6.45, 7) is 0. The summed E-state index contributed by atoms with van der Waals surface area (Å²) in [7, 11) is 0. The van der Waals surface area contributed by atoms with Gasteiger partial charge in [0.1, 0.15) is 0 Å². The zero-order valence-corrected chi connectivity index (χ0v) is 13.1. The Morgan fingerprint density at radius 1 is 1.17 bits per heavy atom. The van der Waals surface area contributed by atoms with E-state index in [1.165, 1.54) is 0 Å². The normalized spacial score (nSPS) is 10.5. The quantitative estimate of drug-likeness (QED) is 0.711. The smallest absolute Gasteiger partial charge is 0.307 e. The molecule has 0 spiro atoms. The van der Waals surface area contributed by atoms with Crippen molar-refractivity contribution in [3.8, 4) is 6.07 Å². The molecule has 0 unspecified atom stereocenters. The number of halogens is 1. The van der Waals surface area contributed by atoms with Gasteiger partial charge in [0.15, 0.2) is 0 Å². The van der Waals surface area contributed by atoms with Crippen molar-refractivity contribution in [2.45, 2.75) is 6.42 Å². The number of carboxylic acid groups (broad SMARTS) is 1. The minimum absolute atomic E-state index is 0.222. The molecule has 0 saturated carbocycles. The molecule has 0 bridgehead atoms. The third kappa shape index (κ3) is 2.87. The third-order valence-electron chi connectivity index (χ3n) is 3.70. The van der Waals surface area contributed by atoms with E-state index in [1.54, 1.807) is 42.5 Å². The van der Waals surface area contributed by atoms with E-state index in [-0.39, 0.29) is 17.9 Å². The van der Waals surface area contributed by atoms with Gasteiger partial charge in [0.25, 0.3) is 0 Å². The van der Waals surface area contributed by atoms with Crippen molar-refractivity contribution >= 4 is 34.3 Å². The topological polar surface area (TPSA) is 94.0 Å². The Balaban J connectivity index is 2.14. The average Bonchev–Trinajstić information content (AvgIpc) is 2.91. The van der Waals surface area contributed by atoms with Gasteiger partial charge in [-0.05, 0) is 36.4 Å². The van der Waals surface area contributed by atoms with Crippen LogP contribution in [0.5, 0.6) is 0 Å². The number of nitrogens with one attached hydrogen (secondary N) is 1. The number of aromatic nitrogens is 1. The Morgan fingerprint density at radius 3 is 2.50 bits per heavy atom. The van der Waals surface area contributed by atoms with Crippen molar-refractivity contribution in [1.29, 1.82) is 5.26 Å². The Bertz CT molecular complexity index is 998. The molecule has 0 aliphatic carbocycles. The standard InChI is InChI=1S/C18H11ClN2O3/c19-12-5-6-13-14(8-16(22)23)17(21-15(13)7-12)18(24)11-3-1-10(9-20)2-4-11/h1-7,21H,8H2,(H,22,23). The van der Waals surface area contributed by atoms with Crippen LogP contribution in [0.4, 0.5) is 0 Å². The van der Waals surface area contributed by atoms with Crippen LogP contribution < -0.4 is 0 Å². The lowest BCUT2D eigenvalue weighted by molar-refractivity contribution is -0.136. The highest BCUT2D eigenvalue weighted by molar-refractivity contribution is 6.31. The molecule has 5 nitrogen and oxygen atoms in total. The molecule has 6 heteroatoms. The predicted molar refractivity (Wildman–Crippen MR) is 89.2 cm³/mol. The number of hydrogen-bond donors (Lipinski definition) is 2. The van der Waals surface area contributed by atoms with E-state index in [9.17, 15) is 9.59 Å². The fourth-order valence-corrected chi connectivity index (χ4v) is 2.77. The molecular formula is C18H11ClN2O3. The Labute approximate surface area is 142 Å². The first-order chi connectivity index (χ1) is 11.5. The van der Waals surface area contributed by atoms with Gasteiger partial charge in [-0.2, -0.15) is 5.26 Å². The number of nitriles is 1. The number of H-pyrrole nitrogens is 1. The van der Waals surface area contributed by atoms with E-state index < -0.39 is 5.97 Å². The number of carbonyl (C=O) groups excluding carboxylic acids is 1. The summed E-state index contributed by atoms with van der Waals surface area (Å²) in [6, 6.07) is 13.2. The van der Waals surface area contributed by atoms with E-state index in [0.717, 1.165) is 0 Å². The molecule has 2 aromatic carbocycles. The molecule has 0 amide bonds. The maximum atomic E-state index is 12.8. The molecule has 0 saturated heterocycles. The third-order valence-corrected chi connectivity index (χ3v) is 3.93. The zero-order chi connectivity index (χ0) is 17.3. The molecule has 3 aromatic rings. The lowest BCUT2D eigenvalue weighted by atomic mass is 10.0. The lowest BCUT2D eigenvalue weighted by Crippen LogP contribution is -2.08. The molecule has 1 heterocycles. The predicted octanol–water partition coefficient (Wildman–Crippen LogP) is 3.55. The number of nitrogens with zero attached hydrogens (tertiary/aromatic N) is 1. The van der Waals surface area contributed by atoms with Crippen molar-refractivity contribution in [3.63, 3.8) is 0 Å². The van der Waals surface area contributed by atoms with Crippen LogP contribution >= 0.6 is 11.6 Å². The fourth-order valence-electron chi connectivity index (χ4n) is 2.60. The number of aliphatic carboxylic acids is 1. The highest BCUT2D eigenvalue weighted by Crippen LogP contribution is 2.27. The van der Waals surface area contributed by atoms with Crippen LogP contribution in [0, 0.1) is 11.3 Å². The number of fused-ring (bicyclic) bond motifs is 1. The van der Waals surface area contributed by atoms with Crippen LogP contribution in [0.15, 0.2) is 42.5 Å². The summed E-state index contributed by atoms with van der Waals surface area (Å²) in [5, 5.41) is 19.1. The first-order valence-electron chi connectivity index (χ1n) is 7.06. The second kappa shape index (κ2) is 6.19. The van der Waals surface area contributed by atoms with E-state index >= 15 is 0 Å².